The van der Waals surface area contributed by atoms with Gasteiger partial charge in [0.25, 0.3) is 20.2 Å². The normalized spacial score (nSPS) is 13.6. The third-order valence-corrected chi connectivity index (χ3v) is 5.79. The van der Waals surface area contributed by atoms with E-state index in [4.69, 9.17) is 16.7 Å². The third kappa shape index (κ3) is 6.51. The predicted molar refractivity (Wildman–Crippen MR) is 108 cm³/mol. The molecule has 0 radical (unpaired) electrons. The van der Waals surface area contributed by atoms with Crippen molar-refractivity contribution in [2.24, 2.45) is 0 Å². The highest BCUT2D eigenvalue weighted by Gasteiger charge is 2.17. The fraction of sp³-hybridized carbons (Fsp3) is 0.176. The van der Waals surface area contributed by atoms with E-state index in [1.54, 1.807) is 0 Å². The lowest BCUT2D eigenvalue weighted by Gasteiger charge is -2.12. The average Bonchev–Trinajstić information content (AvgIpc) is 2.63. The van der Waals surface area contributed by atoms with Crippen molar-refractivity contribution < 1.29 is 36.2 Å². The molecule has 29 heavy (non-hydrogen) atoms. The first-order valence-corrected chi connectivity index (χ1v) is 11.3. The van der Waals surface area contributed by atoms with Crippen LogP contribution in [0.2, 0.25) is 5.02 Å². The van der Waals surface area contributed by atoms with Crippen LogP contribution in [0.15, 0.2) is 46.2 Å². The molecule has 0 spiro atoms. The van der Waals surface area contributed by atoms with Crippen LogP contribution < -0.4 is 5.32 Å². The highest BCUT2D eigenvalue weighted by atomic mass is 35.5. The number of benzene rings is 2. The van der Waals surface area contributed by atoms with Crippen LogP contribution in [0.25, 0.3) is 12.2 Å². The summed E-state index contributed by atoms with van der Waals surface area (Å²) in [5, 5.41) is 21.0. The van der Waals surface area contributed by atoms with Crippen molar-refractivity contribution in [2.75, 3.05) is 18.5 Å². The summed E-state index contributed by atoms with van der Waals surface area (Å²) < 4.78 is 65.3. The summed E-state index contributed by atoms with van der Waals surface area (Å²) >= 11 is 5.75. The number of nitrogens with one attached hydrogen (secondary N) is 1. The molecule has 2 rings (SSSR count). The Morgan fingerprint density at radius 1 is 0.931 bits per heavy atom. The molecular formula is C17H18ClNO8S2. The van der Waals surface area contributed by atoms with Gasteiger partial charge >= 0.3 is 0 Å². The summed E-state index contributed by atoms with van der Waals surface area (Å²) in [5.41, 5.74) is 0.343. The predicted octanol–water partition coefficient (Wildman–Crippen LogP) is 1.77. The molecular weight excluding hydrogens is 446 g/mol. The average molecular weight is 464 g/mol. The lowest BCUT2D eigenvalue weighted by molar-refractivity contribution is 0.105. The van der Waals surface area contributed by atoms with Crippen LogP contribution in [0.3, 0.4) is 0 Å². The molecule has 0 aliphatic heterocycles. The highest BCUT2D eigenvalue weighted by molar-refractivity contribution is 7.86. The van der Waals surface area contributed by atoms with Crippen molar-refractivity contribution in [3.05, 3.63) is 52.5 Å². The van der Waals surface area contributed by atoms with Crippen LogP contribution in [0.5, 0.6) is 0 Å². The molecule has 2 aromatic rings. The Labute approximate surface area is 172 Å². The molecule has 0 aromatic heterocycles. The Kier molecular flexibility index (Phi) is 7.40. The molecule has 0 aliphatic rings. The molecule has 0 amide bonds. The molecule has 0 saturated carbocycles. The van der Waals surface area contributed by atoms with Gasteiger partial charge in [0.1, 0.15) is 9.79 Å². The van der Waals surface area contributed by atoms with Crippen molar-refractivity contribution >= 4 is 49.7 Å². The van der Waals surface area contributed by atoms with Gasteiger partial charge in [-0.2, -0.15) is 16.8 Å². The van der Waals surface area contributed by atoms with E-state index in [-0.39, 0.29) is 28.4 Å². The van der Waals surface area contributed by atoms with Crippen molar-refractivity contribution in [3.63, 3.8) is 0 Å². The molecule has 0 bridgehead atoms. The zero-order valence-electron chi connectivity index (χ0n) is 14.7. The van der Waals surface area contributed by atoms with Gasteiger partial charge in [0.05, 0.1) is 12.7 Å². The minimum absolute atomic E-state index is 0.0389. The monoisotopic (exact) mass is 463 g/mol. The van der Waals surface area contributed by atoms with Gasteiger partial charge < -0.3 is 15.5 Å². The van der Waals surface area contributed by atoms with Crippen molar-refractivity contribution in [1.82, 2.24) is 0 Å². The SMILES string of the molecule is O=S(=O)(O)c1cc(Cl)ccc1C=Cc1ccc(NCC(O)CO)cc1S(=O)(=O)O. The Balaban J connectivity index is 2.46. The molecule has 1 unspecified atom stereocenters. The van der Waals surface area contributed by atoms with Gasteiger partial charge in [0.2, 0.25) is 0 Å². The summed E-state index contributed by atoms with van der Waals surface area (Å²) in [6, 6.07) is 7.67. The van der Waals surface area contributed by atoms with E-state index in [1.165, 1.54) is 36.4 Å². The van der Waals surface area contributed by atoms with Gasteiger partial charge in [-0.3, -0.25) is 9.11 Å². The maximum Gasteiger partial charge on any atom is 0.295 e. The number of hydrogen-bond donors (Lipinski definition) is 5. The molecule has 2 aromatic carbocycles. The summed E-state index contributed by atoms with van der Waals surface area (Å²) in [6.07, 6.45) is 1.42. The second kappa shape index (κ2) is 9.22. The van der Waals surface area contributed by atoms with E-state index in [1.807, 2.05) is 0 Å². The molecule has 9 nitrogen and oxygen atoms in total. The Morgan fingerprint density at radius 3 is 1.97 bits per heavy atom. The van der Waals surface area contributed by atoms with Gasteiger partial charge in [-0.05, 0) is 35.4 Å². The molecule has 0 heterocycles. The van der Waals surface area contributed by atoms with Crippen LogP contribution in [0.1, 0.15) is 11.1 Å². The van der Waals surface area contributed by atoms with Crippen molar-refractivity contribution in [1.29, 1.82) is 0 Å². The fourth-order valence-corrected chi connectivity index (χ4v) is 4.01. The fourth-order valence-electron chi connectivity index (χ4n) is 2.35. The van der Waals surface area contributed by atoms with Gasteiger partial charge in [-0.1, -0.05) is 35.9 Å². The molecule has 0 aliphatic carbocycles. The molecule has 1 atom stereocenters. The summed E-state index contributed by atoms with van der Waals surface area (Å²) in [7, 11) is -9.22. The molecule has 0 saturated heterocycles. The number of aliphatic hydroxyl groups is 2. The molecule has 158 valence electrons. The maximum absolute atomic E-state index is 11.7. The van der Waals surface area contributed by atoms with Crippen molar-refractivity contribution in [2.45, 2.75) is 15.9 Å². The van der Waals surface area contributed by atoms with E-state index in [0.29, 0.717) is 0 Å². The number of aliphatic hydroxyl groups excluding tert-OH is 2. The Bertz CT molecular complexity index is 1130. The third-order valence-electron chi connectivity index (χ3n) is 3.74. The van der Waals surface area contributed by atoms with Crippen LogP contribution in [-0.4, -0.2) is 55.4 Å². The minimum Gasteiger partial charge on any atom is -0.394 e. The lowest BCUT2D eigenvalue weighted by atomic mass is 10.1. The zero-order valence-corrected chi connectivity index (χ0v) is 17.1. The van der Waals surface area contributed by atoms with Gasteiger partial charge in [0, 0.05) is 17.3 Å². The second-order valence-corrected chi connectivity index (χ2v) is 9.15. The first-order chi connectivity index (χ1) is 13.4. The van der Waals surface area contributed by atoms with Gasteiger partial charge in [-0.25, -0.2) is 0 Å². The van der Waals surface area contributed by atoms with E-state index >= 15 is 0 Å². The summed E-state index contributed by atoms with van der Waals surface area (Å²) in [5.74, 6) is 0. The number of halogens is 1. The molecule has 12 heteroatoms. The van der Waals surface area contributed by atoms with Gasteiger partial charge in [0.15, 0.2) is 0 Å². The summed E-state index contributed by atoms with van der Waals surface area (Å²) in [6.45, 7) is -0.546. The molecule has 5 N–H and O–H groups in total. The number of hydrogen-bond acceptors (Lipinski definition) is 7. The second-order valence-electron chi connectivity index (χ2n) is 5.94. The van der Waals surface area contributed by atoms with Crippen LogP contribution in [0.4, 0.5) is 5.69 Å². The molecule has 0 fully saturated rings. The lowest BCUT2D eigenvalue weighted by Crippen LogP contribution is -2.23. The van der Waals surface area contributed by atoms with Crippen LogP contribution >= 0.6 is 11.6 Å². The van der Waals surface area contributed by atoms with Crippen molar-refractivity contribution in [3.8, 4) is 0 Å². The zero-order chi connectivity index (χ0) is 21.8. The Hall–Kier alpha value is -1.99. The number of rotatable bonds is 8. The number of anilines is 1. The highest BCUT2D eigenvalue weighted by Crippen LogP contribution is 2.26. The standard InChI is InChI=1S/C17H18ClNO8S2/c18-13-5-3-11(16(7-13)28(22,23)24)1-2-12-4-6-14(19-9-15(21)10-20)8-17(12)29(25,26)27/h1-8,15,19-21H,9-10H2,(H,22,23,24)(H,25,26,27). The first-order valence-electron chi connectivity index (χ1n) is 8.01. The van der Waals surface area contributed by atoms with Crippen LogP contribution in [-0.2, 0) is 20.2 Å². The topological polar surface area (TPSA) is 161 Å². The van der Waals surface area contributed by atoms with Crippen LogP contribution in [0, 0.1) is 0 Å². The Morgan fingerprint density at radius 2 is 1.45 bits per heavy atom. The smallest absolute Gasteiger partial charge is 0.295 e. The largest absolute Gasteiger partial charge is 0.394 e. The van der Waals surface area contributed by atoms with E-state index in [0.717, 1.165) is 12.1 Å². The van der Waals surface area contributed by atoms with Gasteiger partial charge in [-0.15, -0.1) is 0 Å². The minimum atomic E-state index is -4.64. The van der Waals surface area contributed by atoms with E-state index in [2.05, 4.69) is 5.32 Å². The quantitative estimate of drug-likeness (QED) is 0.290. The first kappa shape index (κ1) is 23.3. The van der Waals surface area contributed by atoms with E-state index < -0.39 is 42.7 Å². The summed E-state index contributed by atoms with van der Waals surface area (Å²) in [4.78, 5) is -0.939. The van der Waals surface area contributed by atoms with E-state index in [9.17, 15) is 31.0 Å². The maximum atomic E-state index is 11.7.